The second kappa shape index (κ2) is 11.7. The molecule has 0 radical (unpaired) electrons. The summed E-state index contributed by atoms with van der Waals surface area (Å²) in [5, 5.41) is 20.5. The first kappa shape index (κ1) is 24.0. The predicted molar refractivity (Wildman–Crippen MR) is 110 cm³/mol. The van der Waals surface area contributed by atoms with Crippen LogP contribution in [-0.4, -0.2) is 22.2 Å². The Hall–Kier alpha value is -1.06. The number of carbonyl (C=O) groups is 2. The van der Waals surface area contributed by atoms with Gasteiger partial charge in [0.05, 0.1) is 10.8 Å². The van der Waals surface area contributed by atoms with Gasteiger partial charge in [-0.05, 0) is 38.0 Å². The lowest BCUT2D eigenvalue weighted by molar-refractivity contribution is -0.185. The van der Waals surface area contributed by atoms with Gasteiger partial charge in [0.1, 0.15) is 0 Å². The van der Waals surface area contributed by atoms with Gasteiger partial charge in [0, 0.05) is 0 Å². The summed E-state index contributed by atoms with van der Waals surface area (Å²) in [6.45, 7) is 6.41. The van der Waals surface area contributed by atoms with Gasteiger partial charge in [-0.25, -0.2) is 0 Å². The summed E-state index contributed by atoms with van der Waals surface area (Å²) in [6.07, 6.45) is 13.4. The minimum Gasteiger partial charge on any atom is -0.481 e. The molecule has 1 fully saturated rings. The Bertz CT molecular complexity index is 461. The third-order valence-corrected chi connectivity index (χ3v) is 6.91. The zero-order valence-electron chi connectivity index (χ0n) is 17.9. The molecule has 3 atom stereocenters. The lowest BCUT2D eigenvalue weighted by Gasteiger charge is -2.50. The van der Waals surface area contributed by atoms with Crippen LogP contribution in [0.2, 0.25) is 0 Å². The summed E-state index contributed by atoms with van der Waals surface area (Å²) in [4.78, 5) is 25.0. The Morgan fingerprint density at radius 2 is 1.22 bits per heavy atom. The molecule has 4 nitrogen and oxygen atoms in total. The normalized spacial score (nSPS) is 28.2. The molecule has 0 heterocycles. The van der Waals surface area contributed by atoms with Gasteiger partial charge < -0.3 is 10.2 Å². The summed E-state index contributed by atoms with van der Waals surface area (Å²) in [7, 11) is 0. The Labute approximate surface area is 166 Å². The highest BCUT2D eigenvalue weighted by Gasteiger charge is 2.62. The maximum Gasteiger partial charge on any atom is 0.310 e. The molecule has 2 N–H and O–H groups in total. The second-order valence-corrected chi connectivity index (χ2v) is 8.95. The molecule has 27 heavy (non-hydrogen) atoms. The smallest absolute Gasteiger partial charge is 0.310 e. The first-order valence-corrected chi connectivity index (χ1v) is 11.3. The van der Waals surface area contributed by atoms with Crippen molar-refractivity contribution in [1.29, 1.82) is 0 Å². The fraction of sp³-hybridized carbons (Fsp3) is 0.913. The van der Waals surface area contributed by atoms with Gasteiger partial charge in [-0.3, -0.25) is 9.59 Å². The van der Waals surface area contributed by atoms with Crippen molar-refractivity contribution in [3.05, 3.63) is 0 Å². The van der Waals surface area contributed by atoms with Crippen molar-refractivity contribution in [3.8, 4) is 0 Å². The van der Waals surface area contributed by atoms with Crippen molar-refractivity contribution in [2.45, 2.75) is 117 Å². The molecular weight excluding hydrogens is 340 g/mol. The molecule has 0 bridgehead atoms. The Balaban J connectivity index is 3.00. The maximum atomic E-state index is 12.5. The monoisotopic (exact) mass is 382 g/mol. The molecule has 1 aliphatic rings. The first-order chi connectivity index (χ1) is 12.9. The molecule has 0 amide bonds. The fourth-order valence-electron chi connectivity index (χ4n) is 5.21. The van der Waals surface area contributed by atoms with Crippen LogP contribution in [0.3, 0.4) is 0 Å². The van der Waals surface area contributed by atoms with Crippen LogP contribution in [-0.2, 0) is 9.59 Å². The number of hydrogen-bond acceptors (Lipinski definition) is 2. The van der Waals surface area contributed by atoms with Crippen molar-refractivity contribution >= 4 is 11.9 Å². The third-order valence-electron chi connectivity index (χ3n) is 6.91. The lowest BCUT2D eigenvalue weighted by Crippen LogP contribution is -2.56. The standard InChI is InChI=1S/C23H42O4/c1-4-6-8-10-12-15-22(20(24)25)17-14-19(3)18-23(22,21(26)27)16-13-11-9-7-5-2/h19H,4-18H2,1-3H3,(H,24,25)(H,26,27). The van der Waals surface area contributed by atoms with Crippen LogP contribution in [0.15, 0.2) is 0 Å². The van der Waals surface area contributed by atoms with E-state index in [4.69, 9.17) is 0 Å². The fourth-order valence-corrected chi connectivity index (χ4v) is 5.21. The van der Waals surface area contributed by atoms with Crippen molar-refractivity contribution in [2.75, 3.05) is 0 Å². The number of carboxylic acid groups (broad SMARTS) is 2. The van der Waals surface area contributed by atoms with E-state index in [1.807, 2.05) is 0 Å². The van der Waals surface area contributed by atoms with E-state index in [0.29, 0.717) is 25.7 Å². The molecule has 1 aliphatic carbocycles. The average molecular weight is 383 g/mol. The Kier molecular flexibility index (Phi) is 10.4. The summed E-state index contributed by atoms with van der Waals surface area (Å²) in [5.41, 5.74) is -2.20. The molecular formula is C23H42O4. The second-order valence-electron chi connectivity index (χ2n) is 8.95. The van der Waals surface area contributed by atoms with E-state index < -0.39 is 22.8 Å². The van der Waals surface area contributed by atoms with E-state index in [1.165, 1.54) is 6.42 Å². The predicted octanol–water partition coefficient (Wildman–Crippen LogP) is 6.67. The molecule has 3 unspecified atom stereocenters. The molecule has 4 heteroatoms. The molecule has 0 saturated heterocycles. The molecule has 0 spiro atoms. The number of hydrogen-bond donors (Lipinski definition) is 2. The van der Waals surface area contributed by atoms with E-state index in [9.17, 15) is 19.8 Å². The largest absolute Gasteiger partial charge is 0.481 e. The van der Waals surface area contributed by atoms with Crippen LogP contribution in [0.25, 0.3) is 0 Å². The van der Waals surface area contributed by atoms with Gasteiger partial charge in [-0.2, -0.15) is 0 Å². The zero-order valence-corrected chi connectivity index (χ0v) is 17.9. The molecule has 1 rings (SSSR count). The van der Waals surface area contributed by atoms with Gasteiger partial charge in [0.2, 0.25) is 0 Å². The average Bonchev–Trinajstić information content (AvgIpc) is 2.62. The van der Waals surface area contributed by atoms with Gasteiger partial charge in [0.15, 0.2) is 0 Å². The minimum atomic E-state index is -1.10. The highest BCUT2D eigenvalue weighted by molar-refractivity contribution is 5.87. The van der Waals surface area contributed by atoms with Crippen LogP contribution in [0.5, 0.6) is 0 Å². The van der Waals surface area contributed by atoms with Gasteiger partial charge >= 0.3 is 11.9 Å². The zero-order chi connectivity index (χ0) is 20.3. The highest BCUT2D eigenvalue weighted by atomic mass is 16.4. The van der Waals surface area contributed by atoms with E-state index in [1.54, 1.807) is 0 Å². The van der Waals surface area contributed by atoms with Crippen molar-refractivity contribution < 1.29 is 19.8 Å². The van der Waals surface area contributed by atoms with Crippen LogP contribution in [0, 0.1) is 16.7 Å². The van der Waals surface area contributed by atoms with Crippen molar-refractivity contribution in [3.63, 3.8) is 0 Å². The van der Waals surface area contributed by atoms with Crippen molar-refractivity contribution in [2.24, 2.45) is 16.7 Å². The maximum absolute atomic E-state index is 12.5. The van der Waals surface area contributed by atoms with Crippen LogP contribution in [0.4, 0.5) is 0 Å². The quantitative estimate of drug-likeness (QED) is 0.329. The summed E-state index contributed by atoms with van der Waals surface area (Å²) < 4.78 is 0. The molecule has 0 aliphatic heterocycles. The number of unbranched alkanes of at least 4 members (excludes halogenated alkanes) is 8. The molecule has 158 valence electrons. The van der Waals surface area contributed by atoms with E-state index in [2.05, 4.69) is 20.8 Å². The number of rotatable bonds is 14. The van der Waals surface area contributed by atoms with Gasteiger partial charge in [-0.15, -0.1) is 0 Å². The molecule has 0 aromatic carbocycles. The Morgan fingerprint density at radius 1 is 0.778 bits per heavy atom. The molecule has 1 saturated carbocycles. The summed E-state index contributed by atoms with van der Waals surface area (Å²) in [6, 6.07) is 0. The summed E-state index contributed by atoms with van der Waals surface area (Å²) >= 11 is 0. The minimum absolute atomic E-state index is 0.282. The van der Waals surface area contributed by atoms with Crippen LogP contribution in [0.1, 0.15) is 117 Å². The van der Waals surface area contributed by atoms with E-state index in [-0.39, 0.29) is 5.92 Å². The Morgan fingerprint density at radius 3 is 1.67 bits per heavy atom. The van der Waals surface area contributed by atoms with E-state index in [0.717, 1.165) is 64.2 Å². The van der Waals surface area contributed by atoms with Gasteiger partial charge in [0.25, 0.3) is 0 Å². The lowest BCUT2D eigenvalue weighted by atomic mass is 9.50. The molecule has 0 aromatic heterocycles. The van der Waals surface area contributed by atoms with Crippen molar-refractivity contribution in [1.82, 2.24) is 0 Å². The number of carboxylic acids is 2. The van der Waals surface area contributed by atoms with E-state index >= 15 is 0 Å². The van der Waals surface area contributed by atoms with Crippen LogP contribution >= 0.6 is 0 Å². The molecule has 0 aromatic rings. The SMILES string of the molecule is CCCCCCCC1(C(=O)O)CCC(C)CC1(CCCCCCC)C(=O)O. The topological polar surface area (TPSA) is 74.6 Å². The highest BCUT2D eigenvalue weighted by Crippen LogP contribution is 2.58. The number of aliphatic carboxylic acids is 2. The van der Waals surface area contributed by atoms with Crippen LogP contribution < -0.4 is 0 Å². The summed E-state index contributed by atoms with van der Waals surface area (Å²) in [5.74, 6) is -1.47. The third kappa shape index (κ3) is 5.96. The van der Waals surface area contributed by atoms with Gasteiger partial charge in [-0.1, -0.05) is 85.0 Å². The first-order valence-electron chi connectivity index (χ1n) is 11.3.